The predicted molar refractivity (Wildman–Crippen MR) is 87.6 cm³/mol. The van der Waals surface area contributed by atoms with Gasteiger partial charge in [-0.3, -0.25) is 0 Å². The number of H-pyrrole nitrogens is 1. The zero-order valence-electron chi connectivity index (χ0n) is 13.7. The monoisotopic (exact) mass is 351 g/mol. The molecule has 1 unspecified atom stereocenters. The van der Waals surface area contributed by atoms with Gasteiger partial charge in [-0.2, -0.15) is 0 Å². The Labute approximate surface area is 143 Å². The van der Waals surface area contributed by atoms with E-state index in [-0.39, 0.29) is 13.2 Å². The highest BCUT2D eigenvalue weighted by Gasteiger charge is 2.42. The number of aliphatic hydroxyl groups excluding tert-OH is 3. The highest BCUT2D eigenvalue weighted by Crippen LogP contribution is 2.22. The molecule has 0 saturated carbocycles. The van der Waals surface area contributed by atoms with Crippen LogP contribution in [0.15, 0.2) is 24.3 Å². The van der Waals surface area contributed by atoms with Crippen molar-refractivity contribution in [2.75, 3.05) is 25.1 Å². The summed E-state index contributed by atoms with van der Waals surface area (Å²) in [5.74, 6) is 0.649. The maximum Gasteiger partial charge on any atom is 0.187 e. The molecule has 0 aliphatic carbocycles. The van der Waals surface area contributed by atoms with Gasteiger partial charge in [0.1, 0.15) is 30.2 Å². The van der Waals surface area contributed by atoms with Crippen molar-refractivity contribution in [1.82, 2.24) is 19.9 Å². The normalized spacial score (nSPS) is 27.1. The number of aromatic amines is 1. The van der Waals surface area contributed by atoms with E-state index in [9.17, 15) is 10.2 Å². The van der Waals surface area contributed by atoms with Crippen molar-refractivity contribution in [1.29, 1.82) is 0 Å². The van der Waals surface area contributed by atoms with E-state index >= 15 is 0 Å². The van der Waals surface area contributed by atoms with E-state index in [1.807, 2.05) is 13.0 Å². The van der Waals surface area contributed by atoms with Gasteiger partial charge in [0.25, 0.3) is 0 Å². The van der Waals surface area contributed by atoms with Crippen molar-refractivity contribution in [2.24, 2.45) is 0 Å². The molecule has 10 heteroatoms. The van der Waals surface area contributed by atoms with Crippen molar-refractivity contribution < 1.29 is 24.8 Å². The molecule has 2 aromatic rings. The number of anilines is 1. The molecule has 0 spiro atoms. The summed E-state index contributed by atoms with van der Waals surface area (Å²) < 4.78 is 10.7. The summed E-state index contributed by atoms with van der Waals surface area (Å²) in [6, 6.07) is 0. The van der Waals surface area contributed by atoms with E-state index in [4.69, 9.17) is 14.6 Å². The average molecular weight is 351 g/mol. The van der Waals surface area contributed by atoms with Gasteiger partial charge in [0.2, 0.25) is 0 Å². The van der Waals surface area contributed by atoms with Crippen LogP contribution in [-0.4, -0.2) is 79.6 Å². The second kappa shape index (κ2) is 7.85. The molecule has 1 saturated heterocycles. The minimum atomic E-state index is -1.18. The van der Waals surface area contributed by atoms with E-state index in [1.54, 1.807) is 6.33 Å². The third-order valence-corrected chi connectivity index (χ3v) is 3.92. The molecular weight excluding hydrogens is 330 g/mol. The van der Waals surface area contributed by atoms with Gasteiger partial charge in [0, 0.05) is 6.54 Å². The van der Waals surface area contributed by atoms with Crippen LogP contribution in [0.4, 0.5) is 5.82 Å². The van der Waals surface area contributed by atoms with E-state index < -0.39 is 24.6 Å². The number of imidazole rings is 1. The third kappa shape index (κ3) is 3.94. The first-order valence-corrected chi connectivity index (χ1v) is 7.87. The lowest BCUT2D eigenvalue weighted by molar-refractivity contribution is -0.164. The van der Waals surface area contributed by atoms with Crippen LogP contribution >= 0.6 is 0 Å². The summed E-state index contributed by atoms with van der Waals surface area (Å²) in [5, 5.41) is 31.7. The third-order valence-electron chi connectivity index (χ3n) is 3.92. The lowest BCUT2D eigenvalue weighted by atomic mass is 10.1. The Balaban J connectivity index is 1.49. The molecule has 2 aromatic heterocycles. The number of rotatable bonds is 7. The van der Waals surface area contributed by atoms with Crippen LogP contribution in [0.25, 0.3) is 11.2 Å². The molecule has 3 heterocycles. The molecule has 1 fully saturated rings. The molecule has 0 amide bonds. The highest BCUT2D eigenvalue weighted by molar-refractivity contribution is 5.81. The summed E-state index contributed by atoms with van der Waals surface area (Å²) in [6.07, 6.45) is 0.766. The molecule has 136 valence electrons. The second-order valence-corrected chi connectivity index (χ2v) is 5.77. The quantitative estimate of drug-likeness (QED) is 0.403. The molecule has 25 heavy (non-hydrogen) atoms. The molecular formula is C15H21N5O5. The first-order chi connectivity index (χ1) is 12.1. The van der Waals surface area contributed by atoms with Crippen LogP contribution in [0.1, 0.15) is 6.92 Å². The molecule has 0 radical (unpaired) electrons. The van der Waals surface area contributed by atoms with Crippen LogP contribution < -0.4 is 5.32 Å². The van der Waals surface area contributed by atoms with Crippen LogP contribution in [0.3, 0.4) is 0 Å². The molecule has 4 atom stereocenters. The Morgan fingerprint density at radius 3 is 2.96 bits per heavy atom. The zero-order chi connectivity index (χ0) is 17.8. The first kappa shape index (κ1) is 17.7. The van der Waals surface area contributed by atoms with Crippen LogP contribution in [0, 0.1) is 0 Å². The van der Waals surface area contributed by atoms with E-state index in [1.165, 1.54) is 6.33 Å². The van der Waals surface area contributed by atoms with Gasteiger partial charge in [-0.15, -0.1) is 0 Å². The predicted octanol–water partition coefficient (Wildman–Crippen LogP) is -0.833. The number of nitrogens with zero attached hydrogens (tertiary/aromatic N) is 3. The van der Waals surface area contributed by atoms with E-state index in [0.717, 1.165) is 11.1 Å². The SMILES string of the molecule is CC(=CCNc1ncnc2nc[nH]c12)COC1O[C@H](CO)[C@@H](O)[C@H]1O. The summed E-state index contributed by atoms with van der Waals surface area (Å²) in [5.41, 5.74) is 2.22. The topological polar surface area (TPSA) is 146 Å². The molecule has 10 nitrogen and oxygen atoms in total. The lowest BCUT2D eigenvalue weighted by Gasteiger charge is -2.15. The van der Waals surface area contributed by atoms with Crippen molar-refractivity contribution in [3.8, 4) is 0 Å². The molecule has 5 N–H and O–H groups in total. The summed E-state index contributed by atoms with van der Waals surface area (Å²) in [6.45, 7) is 2.22. The lowest BCUT2D eigenvalue weighted by Crippen LogP contribution is -2.34. The Bertz CT molecular complexity index is 736. The summed E-state index contributed by atoms with van der Waals surface area (Å²) in [7, 11) is 0. The molecule has 0 bridgehead atoms. The fourth-order valence-corrected chi connectivity index (χ4v) is 2.50. The van der Waals surface area contributed by atoms with Crippen molar-refractivity contribution in [2.45, 2.75) is 31.5 Å². The number of aromatic nitrogens is 4. The molecule has 1 aliphatic rings. The molecule has 0 aromatic carbocycles. The smallest absolute Gasteiger partial charge is 0.187 e. The van der Waals surface area contributed by atoms with Gasteiger partial charge in [-0.1, -0.05) is 6.08 Å². The fourth-order valence-electron chi connectivity index (χ4n) is 2.50. The number of ether oxygens (including phenoxy) is 2. The second-order valence-electron chi connectivity index (χ2n) is 5.77. The Morgan fingerprint density at radius 2 is 2.20 bits per heavy atom. The van der Waals surface area contributed by atoms with E-state index in [0.29, 0.717) is 18.0 Å². The Kier molecular flexibility index (Phi) is 5.56. The van der Waals surface area contributed by atoms with Crippen LogP contribution in [-0.2, 0) is 9.47 Å². The van der Waals surface area contributed by atoms with Gasteiger partial charge in [0.15, 0.2) is 17.8 Å². The van der Waals surface area contributed by atoms with E-state index in [2.05, 4.69) is 25.3 Å². The molecule has 1 aliphatic heterocycles. The largest absolute Gasteiger partial charge is 0.394 e. The summed E-state index contributed by atoms with van der Waals surface area (Å²) in [4.78, 5) is 15.2. The maximum atomic E-state index is 9.81. The number of nitrogens with one attached hydrogen (secondary N) is 2. The van der Waals surface area contributed by atoms with Gasteiger partial charge >= 0.3 is 0 Å². The minimum Gasteiger partial charge on any atom is -0.394 e. The van der Waals surface area contributed by atoms with Crippen molar-refractivity contribution in [3.05, 3.63) is 24.3 Å². The molecule has 3 rings (SSSR count). The number of hydrogen-bond acceptors (Lipinski definition) is 9. The number of fused-ring (bicyclic) bond motifs is 1. The van der Waals surface area contributed by atoms with Crippen molar-refractivity contribution >= 4 is 17.0 Å². The fraction of sp³-hybridized carbons (Fsp3) is 0.533. The maximum absolute atomic E-state index is 9.81. The van der Waals surface area contributed by atoms with Crippen LogP contribution in [0.2, 0.25) is 0 Å². The Hall–Kier alpha value is -2.11. The van der Waals surface area contributed by atoms with Gasteiger partial charge in [-0.25, -0.2) is 15.0 Å². The van der Waals surface area contributed by atoms with Gasteiger partial charge in [0.05, 0.1) is 19.5 Å². The average Bonchev–Trinajstić information content (AvgIpc) is 3.20. The Morgan fingerprint density at radius 1 is 1.36 bits per heavy atom. The number of aliphatic hydroxyl groups is 3. The highest BCUT2D eigenvalue weighted by atomic mass is 16.7. The minimum absolute atomic E-state index is 0.220. The zero-order valence-corrected chi connectivity index (χ0v) is 13.7. The van der Waals surface area contributed by atoms with Crippen LogP contribution in [0.5, 0.6) is 0 Å². The van der Waals surface area contributed by atoms with Gasteiger partial charge < -0.3 is 35.1 Å². The summed E-state index contributed by atoms with van der Waals surface area (Å²) >= 11 is 0. The standard InChI is InChI=1S/C15H21N5O5/c1-8(5-24-15-12(23)11(22)9(4-21)25-15)2-3-16-13-10-14(18-6-17-10)20-7-19-13/h2,6-7,9,11-12,15,21-23H,3-5H2,1H3,(H2,16,17,18,19,20)/t9-,11-,12-,15?/m1/s1. The first-order valence-electron chi connectivity index (χ1n) is 7.87. The number of hydrogen-bond donors (Lipinski definition) is 5. The van der Waals surface area contributed by atoms with Crippen molar-refractivity contribution in [3.63, 3.8) is 0 Å². The van der Waals surface area contributed by atoms with Gasteiger partial charge in [-0.05, 0) is 12.5 Å².